The van der Waals surface area contributed by atoms with Crippen LogP contribution in [-0.4, -0.2) is 63.4 Å². The van der Waals surface area contributed by atoms with Crippen LogP contribution in [0.25, 0.3) is 0 Å². The van der Waals surface area contributed by atoms with E-state index in [0.29, 0.717) is 26.3 Å². The van der Waals surface area contributed by atoms with Gasteiger partial charge in [0.1, 0.15) is 5.75 Å². The molecule has 4 rings (SSSR count). The Morgan fingerprint density at radius 2 is 1.89 bits per heavy atom. The molecule has 6 nitrogen and oxygen atoms in total. The van der Waals surface area contributed by atoms with E-state index in [9.17, 15) is 4.79 Å². The largest absolute Gasteiger partial charge is 0.497 e. The maximum atomic E-state index is 13.3. The summed E-state index contributed by atoms with van der Waals surface area (Å²) in [6.45, 7) is 4.15. The second-order valence-electron chi connectivity index (χ2n) is 7.37. The van der Waals surface area contributed by atoms with Crippen LogP contribution in [0.3, 0.4) is 0 Å². The highest BCUT2D eigenvalue weighted by Gasteiger charge is 2.35. The van der Waals surface area contributed by atoms with Crippen molar-refractivity contribution in [2.75, 3.05) is 51.4 Å². The van der Waals surface area contributed by atoms with Crippen molar-refractivity contribution in [3.8, 4) is 5.75 Å². The lowest BCUT2D eigenvalue weighted by molar-refractivity contribution is 0.0788. The highest BCUT2D eigenvalue weighted by molar-refractivity contribution is 6.00. The molecule has 2 atom stereocenters. The SMILES string of the molecule is COc1cccc([C@@H]2CN(C(=O)c3ccccc3N3CCOCC3)C[C@H]2N)c1. The van der Waals surface area contributed by atoms with E-state index in [2.05, 4.69) is 11.0 Å². The van der Waals surface area contributed by atoms with Gasteiger partial charge in [-0.15, -0.1) is 0 Å². The van der Waals surface area contributed by atoms with Crippen molar-refractivity contribution >= 4 is 11.6 Å². The van der Waals surface area contributed by atoms with Crippen molar-refractivity contribution in [2.24, 2.45) is 5.73 Å². The van der Waals surface area contributed by atoms with E-state index in [1.165, 1.54) is 0 Å². The molecule has 2 aromatic rings. The van der Waals surface area contributed by atoms with Crippen molar-refractivity contribution in [3.63, 3.8) is 0 Å². The predicted molar refractivity (Wildman–Crippen MR) is 109 cm³/mol. The van der Waals surface area contributed by atoms with E-state index in [0.717, 1.165) is 35.7 Å². The number of carbonyl (C=O) groups is 1. The van der Waals surface area contributed by atoms with Gasteiger partial charge in [0.05, 0.1) is 25.9 Å². The summed E-state index contributed by atoms with van der Waals surface area (Å²) in [5.41, 5.74) is 9.26. The van der Waals surface area contributed by atoms with Crippen molar-refractivity contribution in [1.82, 2.24) is 4.90 Å². The first-order valence-electron chi connectivity index (χ1n) is 9.78. The van der Waals surface area contributed by atoms with E-state index in [1.807, 2.05) is 47.4 Å². The van der Waals surface area contributed by atoms with Gasteiger partial charge in [-0.2, -0.15) is 0 Å². The molecule has 2 fully saturated rings. The number of likely N-dealkylation sites (tertiary alicyclic amines) is 1. The first-order valence-corrected chi connectivity index (χ1v) is 9.78. The van der Waals surface area contributed by atoms with Crippen LogP contribution in [0.1, 0.15) is 21.8 Å². The van der Waals surface area contributed by atoms with E-state index in [4.69, 9.17) is 15.2 Å². The average molecular weight is 381 g/mol. The van der Waals surface area contributed by atoms with Crippen LogP contribution in [0.4, 0.5) is 5.69 Å². The van der Waals surface area contributed by atoms with Gasteiger partial charge in [0.15, 0.2) is 0 Å². The van der Waals surface area contributed by atoms with Gasteiger partial charge in [0, 0.05) is 43.8 Å². The Kier molecular flexibility index (Phi) is 5.50. The number of hydrogen-bond acceptors (Lipinski definition) is 5. The number of carbonyl (C=O) groups excluding carboxylic acids is 1. The molecule has 0 unspecified atom stereocenters. The van der Waals surface area contributed by atoms with E-state index >= 15 is 0 Å². The van der Waals surface area contributed by atoms with E-state index in [-0.39, 0.29) is 17.9 Å². The molecule has 0 bridgehead atoms. The monoisotopic (exact) mass is 381 g/mol. The van der Waals surface area contributed by atoms with Gasteiger partial charge >= 0.3 is 0 Å². The Morgan fingerprint density at radius 1 is 1.11 bits per heavy atom. The number of para-hydroxylation sites is 1. The minimum Gasteiger partial charge on any atom is -0.497 e. The standard InChI is InChI=1S/C22H27N3O3/c1-27-17-6-4-5-16(13-17)19-14-25(15-20(19)23)22(26)18-7-2-3-8-21(18)24-9-11-28-12-10-24/h2-8,13,19-20H,9-12,14-15,23H2,1H3/t19-,20+/m0/s1. The maximum absolute atomic E-state index is 13.3. The smallest absolute Gasteiger partial charge is 0.256 e. The molecule has 2 heterocycles. The number of nitrogens with zero attached hydrogens (tertiary/aromatic N) is 2. The fourth-order valence-corrected chi connectivity index (χ4v) is 4.12. The maximum Gasteiger partial charge on any atom is 0.256 e. The van der Waals surface area contributed by atoms with Gasteiger partial charge < -0.3 is 25.0 Å². The topological polar surface area (TPSA) is 68.0 Å². The van der Waals surface area contributed by atoms with Gasteiger partial charge in [-0.25, -0.2) is 0 Å². The van der Waals surface area contributed by atoms with Gasteiger partial charge in [-0.05, 0) is 29.8 Å². The molecular formula is C22H27N3O3. The van der Waals surface area contributed by atoms with Crippen LogP contribution < -0.4 is 15.4 Å². The normalized spacial score (nSPS) is 22.4. The predicted octanol–water partition coefficient (Wildman–Crippen LogP) is 2.10. The van der Waals surface area contributed by atoms with Crippen molar-refractivity contribution in [1.29, 1.82) is 0 Å². The molecule has 2 aromatic carbocycles. The second-order valence-corrected chi connectivity index (χ2v) is 7.37. The summed E-state index contributed by atoms with van der Waals surface area (Å²) in [6, 6.07) is 15.7. The number of amides is 1. The molecule has 148 valence electrons. The van der Waals surface area contributed by atoms with Gasteiger partial charge in [-0.1, -0.05) is 24.3 Å². The number of benzene rings is 2. The molecule has 1 amide bonds. The molecule has 28 heavy (non-hydrogen) atoms. The molecule has 0 aromatic heterocycles. The number of anilines is 1. The first-order chi connectivity index (χ1) is 13.7. The highest BCUT2D eigenvalue weighted by Crippen LogP contribution is 2.31. The number of morpholine rings is 1. The van der Waals surface area contributed by atoms with Crippen LogP contribution in [0.15, 0.2) is 48.5 Å². The summed E-state index contributed by atoms with van der Waals surface area (Å²) in [5.74, 6) is 0.963. The molecular weight excluding hydrogens is 354 g/mol. The fraction of sp³-hybridized carbons (Fsp3) is 0.409. The second kappa shape index (κ2) is 8.20. The third-order valence-corrected chi connectivity index (χ3v) is 5.66. The molecule has 2 saturated heterocycles. The lowest BCUT2D eigenvalue weighted by Gasteiger charge is -2.31. The van der Waals surface area contributed by atoms with Crippen LogP contribution in [0.2, 0.25) is 0 Å². The number of hydrogen-bond donors (Lipinski definition) is 1. The minimum atomic E-state index is -0.0911. The number of nitrogens with two attached hydrogens (primary N) is 1. The first kappa shape index (κ1) is 18.8. The quantitative estimate of drug-likeness (QED) is 0.878. The van der Waals surface area contributed by atoms with Crippen LogP contribution in [-0.2, 0) is 4.74 Å². The Labute approximate surface area is 165 Å². The van der Waals surface area contributed by atoms with Crippen molar-refractivity contribution in [2.45, 2.75) is 12.0 Å². The van der Waals surface area contributed by atoms with E-state index in [1.54, 1.807) is 7.11 Å². The lowest BCUT2D eigenvalue weighted by Crippen LogP contribution is -2.38. The molecule has 6 heteroatoms. The van der Waals surface area contributed by atoms with E-state index < -0.39 is 0 Å². The molecule has 0 spiro atoms. The lowest BCUT2D eigenvalue weighted by atomic mass is 9.95. The Morgan fingerprint density at radius 3 is 2.68 bits per heavy atom. The third-order valence-electron chi connectivity index (χ3n) is 5.66. The average Bonchev–Trinajstić information content (AvgIpc) is 3.15. The molecule has 2 aliphatic rings. The highest BCUT2D eigenvalue weighted by atomic mass is 16.5. The van der Waals surface area contributed by atoms with Crippen molar-refractivity contribution in [3.05, 3.63) is 59.7 Å². The Balaban J connectivity index is 1.55. The van der Waals surface area contributed by atoms with Gasteiger partial charge in [0.25, 0.3) is 5.91 Å². The summed E-state index contributed by atoms with van der Waals surface area (Å²) in [7, 11) is 1.66. The van der Waals surface area contributed by atoms with Crippen LogP contribution in [0.5, 0.6) is 5.75 Å². The number of ether oxygens (including phenoxy) is 2. The molecule has 0 radical (unpaired) electrons. The molecule has 0 saturated carbocycles. The van der Waals surface area contributed by atoms with Gasteiger partial charge in [-0.3, -0.25) is 4.79 Å². The molecule has 2 aliphatic heterocycles. The fourth-order valence-electron chi connectivity index (χ4n) is 4.12. The summed E-state index contributed by atoms with van der Waals surface area (Å²) >= 11 is 0. The molecule has 0 aliphatic carbocycles. The summed E-state index contributed by atoms with van der Waals surface area (Å²) in [6.07, 6.45) is 0. The zero-order valence-electron chi connectivity index (χ0n) is 16.2. The number of methoxy groups -OCH3 is 1. The van der Waals surface area contributed by atoms with Crippen LogP contribution in [0, 0.1) is 0 Å². The molecule has 2 N–H and O–H groups in total. The van der Waals surface area contributed by atoms with Crippen LogP contribution >= 0.6 is 0 Å². The minimum absolute atomic E-state index is 0.0444. The van der Waals surface area contributed by atoms with Gasteiger partial charge in [0.2, 0.25) is 0 Å². The summed E-state index contributed by atoms with van der Waals surface area (Å²) < 4.78 is 10.8. The van der Waals surface area contributed by atoms with Crippen molar-refractivity contribution < 1.29 is 14.3 Å². The summed E-state index contributed by atoms with van der Waals surface area (Å²) in [4.78, 5) is 17.5. The third kappa shape index (κ3) is 3.70. The zero-order chi connectivity index (χ0) is 19.5. The summed E-state index contributed by atoms with van der Waals surface area (Å²) in [5, 5.41) is 0. The Bertz CT molecular complexity index is 835. The zero-order valence-corrected chi connectivity index (χ0v) is 16.2. The Hall–Kier alpha value is -2.57. The number of rotatable bonds is 4.